The number of aromatic nitrogens is 2. The van der Waals surface area contributed by atoms with E-state index in [4.69, 9.17) is 16.3 Å². The second-order valence-electron chi connectivity index (χ2n) is 7.87. The number of ether oxygens (including phenoxy) is 1. The van der Waals surface area contributed by atoms with Crippen molar-refractivity contribution in [2.45, 2.75) is 5.75 Å². The molecule has 1 aliphatic heterocycles. The molecule has 1 saturated heterocycles. The standard InChI is InChI=1S/C23H24ClN5O4S/c1-34(31,32)15-20-14-21(29-10-12-33-13-11-29)28-22(25-20)16-2-6-18(7-3-16)26-23(30)27-19-8-4-17(24)5-9-19/h2-9,14H,10-13,15H2,1H3,(H2,26,27,30). The van der Waals surface area contributed by atoms with Gasteiger partial charge in [-0.3, -0.25) is 0 Å². The topological polar surface area (TPSA) is 114 Å². The van der Waals surface area contributed by atoms with Crippen LogP contribution in [-0.4, -0.2) is 57.0 Å². The van der Waals surface area contributed by atoms with Gasteiger partial charge in [0.25, 0.3) is 0 Å². The molecule has 4 rings (SSSR count). The second kappa shape index (κ2) is 10.4. The molecule has 34 heavy (non-hydrogen) atoms. The van der Waals surface area contributed by atoms with Crippen LogP contribution in [-0.2, 0) is 20.3 Å². The molecule has 0 atom stereocenters. The molecule has 9 nitrogen and oxygen atoms in total. The molecule has 0 aliphatic carbocycles. The zero-order valence-electron chi connectivity index (χ0n) is 18.5. The monoisotopic (exact) mass is 501 g/mol. The Labute approximate surface area is 203 Å². The van der Waals surface area contributed by atoms with Gasteiger partial charge < -0.3 is 20.3 Å². The summed E-state index contributed by atoms with van der Waals surface area (Å²) in [5.74, 6) is 0.904. The van der Waals surface area contributed by atoms with Gasteiger partial charge in [0, 0.05) is 47.4 Å². The van der Waals surface area contributed by atoms with Crippen molar-refractivity contribution in [2.24, 2.45) is 0 Å². The number of rotatable bonds is 6. The number of nitrogens with zero attached hydrogens (tertiary/aromatic N) is 3. The van der Waals surface area contributed by atoms with Crippen LogP contribution in [0, 0.1) is 0 Å². The van der Waals surface area contributed by atoms with Gasteiger partial charge in [-0.2, -0.15) is 0 Å². The third-order valence-electron chi connectivity index (χ3n) is 5.01. The molecule has 0 radical (unpaired) electrons. The van der Waals surface area contributed by atoms with E-state index in [0.717, 1.165) is 0 Å². The number of carbonyl (C=O) groups excluding carboxylic acids is 1. The number of carbonyl (C=O) groups is 1. The molecule has 2 aromatic carbocycles. The number of hydrogen-bond donors (Lipinski definition) is 2. The lowest BCUT2D eigenvalue weighted by molar-refractivity contribution is 0.122. The minimum atomic E-state index is -3.27. The molecule has 0 spiro atoms. The molecule has 178 valence electrons. The van der Waals surface area contributed by atoms with Crippen molar-refractivity contribution in [3.63, 3.8) is 0 Å². The van der Waals surface area contributed by atoms with Gasteiger partial charge in [0.05, 0.1) is 24.7 Å². The summed E-state index contributed by atoms with van der Waals surface area (Å²) in [7, 11) is -3.27. The van der Waals surface area contributed by atoms with E-state index in [0.29, 0.717) is 65.6 Å². The Bertz CT molecular complexity index is 1260. The summed E-state index contributed by atoms with van der Waals surface area (Å²) in [6, 6.07) is 15.1. The van der Waals surface area contributed by atoms with Crippen LogP contribution in [0.1, 0.15) is 5.69 Å². The van der Waals surface area contributed by atoms with E-state index in [-0.39, 0.29) is 5.75 Å². The zero-order valence-corrected chi connectivity index (χ0v) is 20.1. The fourth-order valence-corrected chi connectivity index (χ4v) is 4.25. The van der Waals surface area contributed by atoms with Gasteiger partial charge in [0.2, 0.25) is 0 Å². The molecule has 1 aromatic heterocycles. The molecular formula is C23H24ClN5O4S. The minimum Gasteiger partial charge on any atom is -0.378 e. The molecular weight excluding hydrogens is 478 g/mol. The number of urea groups is 1. The van der Waals surface area contributed by atoms with E-state index in [9.17, 15) is 13.2 Å². The van der Waals surface area contributed by atoms with E-state index in [1.807, 2.05) is 0 Å². The highest BCUT2D eigenvalue weighted by atomic mass is 35.5. The van der Waals surface area contributed by atoms with Gasteiger partial charge in [-0.25, -0.2) is 23.2 Å². The molecule has 0 bridgehead atoms. The number of sulfone groups is 1. The van der Waals surface area contributed by atoms with Crippen LogP contribution in [0.2, 0.25) is 5.02 Å². The second-order valence-corrected chi connectivity index (χ2v) is 10.5. The van der Waals surface area contributed by atoms with Crippen LogP contribution in [0.5, 0.6) is 0 Å². The average Bonchev–Trinajstić information content (AvgIpc) is 2.80. The Balaban J connectivity index is 1.52. The van der Waals surface area contributed by atoms with Crippen LogP contribution in [0.4, 0.5) is 22.0 Å². The number of hydrogen-bond acceptors (Lipinski definition) is 7. The summed E-state index contributed by atoms with van der Waals surface area (Å²) < 4.78 is 29.2. The van der Waals surface area contributed by atoms with Gasteiger partial charge in [0.15, 0.2) is 15.7 Å². The van der Waals surface area contributed by atoms with Crippen molar-refractivity contribution < 1.29 is 17.9 Å². The van der Waals surface area contributed by atoms with Gasteiger partial charge >= 0.3 is 6.03 Å². The van der Waals surface area contributed by atoms with E-state index in [1.54, 1.807) is 54.6 Å². The molecule has 1 aliphatic rings. The fourth-order valence-electron chi connectivity index (χ4n) is 3.44. The Morgan fingerprint density at radius 2 is 1.59 bits per heavy atom. The predicted molar refractivity (Wildman–Crippen MR) is 133 cm³/mol. The van der Waals surface area contributed by atoms with Crippen LogP contribution in [0.25, 0.3) is 11.4 Å². The molecule has 0 unspecified atom stereocenters. The zero-order chi connectivity index (χ0) is 24.1. The molecule has 2 amide bonds. The summed E-state index contributed by atoms with van der Waals surface area (Å²) in [6.45, 7) is 2.50. The third kappa shape index (κ3) is 6.66. The van der Waals surface area contributed by atoms with Gasteiger partial charge in [0.1, 0.15) is 5.82 Å². The Morgan fingerprint density at radius 3 is 2.18 bits per heavy atom. The van der Waals surface area contributed by atoms with Crippen LogP contribution >= 0.6 is 11.6 Å². The fraction of sp³-hybridized carbons (Fsp3) is 0.261. The van der Waals surface area contributed by atoms with E-state index in [1.165, 1.54) is 6.26 Å². The summed E-state index contributed by atoms with van der Waals surface area (Å²) >= 11 is 5.86. The van der Waals surface area contributed by atoms with Crippen molar-refractivity contribution in [1.82, 2.24) is 9.97 Å². The summed E-state index contributed by atoms with van der Waals surface area (Å²) in [6.07, 6.45) is 1.18. The van der Waals surface area contributed by atoms with Gasteiger partial charge in [-0.15, -0.1) is 0 Å². The van der Waals surface area contributed by atoms with Crippen LogP contribution in [0.15, 0.2) is 54.6 Å². The quantitative estimate of drug-likeness (QED) is 0.527. The minimum absolute atomic E-state index is 0.176. The van der Waals surface area contributed by atoms with Crippen molar-refractivity contribution in [3.8, 4) is 11.4 Å². The number of amides is 2. The average molecular weight is 502 g/mol. The normalized spacial score (nSPS) is 14.0. The van der Waals surface area contributed by atoms with Gasteiger partial charge in [-0.05, 0) is 48.5 Å². The SMILES string of the molecule is CS(=O)(=O)Cc1cc(N2CCOCC2)nc(-c2ccc(NC(=O)Nc3ccc(Cl)cc3)cc2)n1. The van der Waals surface area contributed by atoms with Crippen molar-refractivity contribution in [3.05, 3.63) is 65.3 Å². The largest absolute Gasteiger partial charge is 0.378 e. The Hall–Kier alpha value is -3.21. The highest BCUT2D eigenvalue weighted by Crippen LogP contribution is 2.24. The molecule has 2 N–H and O–H groups in total. The molecule has 11 heteroatoms. The summed E-state index contributed by atoms with van der Waals surface area (Å²) in [5, 5.41) is 6.08. The predicted octanol–water partition coefficient (Wildman–Crippen LogP) is 3.82. The van der Waals surface area contributed by atoms with Gasteiger partial charge in [-0.1, -0.05) is 11.6 Å². The first-order chi connectivity index (χ1) is 16.2. The van der Waals surface area contributed by atoms with E-state index >= 15 is 0 Å². The first-order valence-corrected chi connectivity index (χ1v) is 13.0. The summed E-state index contributed by atoms with van der Waals surface area (Å²) in [4.78, 5) is 23.5. The molecule has 3 aromatic rings. The maximum atomic E-state index is 12.3. The third-order valence-corrected chi connectivity index (χ3v) is 6.09. The number of benzene rings is 2. The smallest absolute Gasteiger partial charge is 0.323 e. The Kier molecular flexibility index (Phi) is 7.30. The Morgan fingerprint density at radius 1 is 1.00 bits per heavy atom. The number of morpholine rings is 1. The summed E-state index contributed by atoms with van der Waals surface area (Å²) in [5.41, 5.74) is 2.33. The van der Waals surface area contributed by atoms with Crippen LogP contribution < -0.4 is 15.5 Å². The maximum Gasteiger partial charge on any atom is 0.323 e. The lowest BCUT2D eigenvalue weighted by Crippen LogP contribution is -2.37. The lowest BCUT2D eigenvalue weighted by atomic mass is 10.2. The van der Waals surface area contributed by atoms with Crippen LogP contribution in [0.3, 0.4) is 0 Å². The number of nitrogens with one attached hydrogen (secondary N) is 2. The first kappa shape index (κ1) is 23.9. The van der Waals surface area contributed by atoms with Crippen molar-refractivity contribution in [2.75, 3.05) is 48.1 Å². The maximum absolute atomic E-state index is 12.3. The molecule has 1 fully saturated rings. The lowest BCUT2D eigenvalue weighted by Gasteiger charge is -2.28. The first-order valence-electron chi connectivity index (χ1n) is 10.6. The number of anilines is 3. The molecule has 0 saturated carbocycles. The van der Waals surface area contributed by atoms with Crippen molar-refractivity contribution >= 4 is 44.7 Å². The van der Waals surface area contributed by atoms with Crippen molar-refractivity contribution in [1.29, 1.82) is 0 Å². The number of halogens is 1. The highest BCUT2D eigenvalue weighted by Gasteiger charge is 2.17. The highest BCUT2D eigenvalue weighted by molar-refractivity contribution is 7.89. The van der Waals surface area contributed by atoms with E-state index < -0.39 is 15.9 Å². The van der Waals surface area contributed by atoms with E-state index in [2.05, 4.69) is 25.5 Å². The molecule has 2 heterocycles.